The van der Waals surface area contributed by atoms with Gasteiger partial charge in [0.05, 0.1) is 31.4 Å². The maximum absolute atomic E-state index is 15.0. The molecule has 1 aliphatic carbocycles. The first kappa shape index (κ1) is 24.0. The van der Waals surface area contributed by atoms with Crippen molar-refractivity contribution < 1.29 is 18.3 Å². The Bertz CT molecular complexity index is 1360. The van der Waals surface area contributed by atoms with Crippen LogP contribution in [0.4, 0.5) is 8.78 Å². The summed E-state index contributed by atoms with van der Waals surface area (Å²) in [6, 6.07) is 13.9. The number of aromatic nitrogens is 1. The fourth-order valence-corrected chi connectivity index (χ4v) is 5.19. The Morgan fingerprint density at radius 3 is 2.42 bits per heavy atom. The van der Waals surface area contributed by atoms with Crippen LogP contribution in [0.15, 0.2) is 48.7 Å². The van der Waals surface area contributed by atoms with Crippen LogP contribution < -0.4 is 14.8 Å². The highest BCUT2D eigenvalue weighted by atomic mass is 19.1. The summed E-state index contributed by atoms with van der Waals surface area (Å²) in [6.45, 7) is 1.63. The summed E-state index contributed by atoms with van der Waals surface area (Å²) < 4.78 is 40.2. The van der Waals surface area contributed by atoms with Crippen LogP contribution in [-0.4, -0.2) is 32.3 Å². The smallest absolute Gasteiger partial charge is 0.171 e. The number of allylic oxidation sites excluding steroid dienone is 2. The molecule has 3 aromatic rings. The first-order chi connectivity index (χ1) is 17.5. The van der Waals surface area contributed by atoms with Crippen LogP contribution in [0.2, 0.25) is 0 Å². The van der Waals surface area contributed by atoms with Gasteiger partial charge >= 0.3 is 0 Å². The van der Waals surface area contributed by atoms with Crippen LogP contribution in [0.3, 0.4) is 0 Å². The van der Waals surface area contributed by atoms with Gasteiger partial charge in [-0.2, -0.15) is 5.26 Å². The van der Waals surface area contributed by atoms with Crippen LogP contribution >= 0.6 is 0 Å². The number of hydrogen-bond acceptors (Lipinski definition) is 5. The number of benzene rings is 2. The van der Waals surface area contributed by atoms with Crippen molar-refractivity contribution in [2.24, 2.45) is 0 Å². The Kier molecular flexibility index (Phi) is 6.46. The standard InChI is InChI=1S/C29H27F2N3O2/c1-35-25-15-26(36-2)28(31)23(27(25)30)13-19-6-7-24-22(19)14-20(16-34-24)18-4-3-5-21(12-18)29(17-32)8-10-33-11-9-29/h3-6,12,14-16,33H,7-11,13H2,1-2H3. The topological polar surface area (TPSA) is 67.2 Å². The van der Waals surface area contributed by atoms with Gasteiger partial charge in [0.25, 0.3) is 0 Å². The van der Waals surface area contributed by atoms with Crippen molar-refractivity contribution in [2.45, 2.75) is 31.1 Å². The third-order valence-electron chi connectivity index (χ3n) is 7.31. The molecule has 2 aliphatic rings. The molecule has 1 saturated heterocycles. The van der Waals surface area contributed by atoms with E-state index in [1.54, 1.807) is 0 Å². The number of nitriles is 1. The first-order valence-electron chi connectivity index (χ1n) is 12.0. The summed E-state index contributed by atoms with van der Waals surface area (Å²) in [4.78, 5) is 4.66. The number of methoxy groups -OCH3 is 2. The van der Waals surface area contributed by atoms with E-state index < -0.39 is 17.0 Å². The molecule has 7 heteroatoms. The molecule has 0 saturated carbocycles. The summed E-state index contributed by atoms with van der Waals surface area (Å²) >= 11 is 0. The van der Waals surface area contributed by atoms with Crippen molar-refractivity contribution in [3.63, 3.8) is 0 Å². The molecule has 0 amide bonds. The minimum absolute atomic E-state index is 0.0495. The van der Waals surface area contributed by atoms with Crippen molar-refractivity contribution in [3.8, 4) is 28.7 Å². The van der Waals surface area contributed by atoms with Crippen LogP contribution in [0, 0.1) is 23.0 Å². The highest BCUT2D eigenvalue weighted by Gasteiger charge is 2.34. The summed E-state index contributed by atoms with van der Waals surface area (Å²) in [5.41, 5.74) is 4.81. The Morgan fingerprint density at radius 2 is 1.75 bits per heavy atom. The third kappa shape index (κ3) is 4.12. The molecule has 36 heavy (non-hydrogen) atoms. The molecule has 2 aromatic carbocycles. The monoisotopic (exact) mass is 487 g/mol. The van der Waals surface area contributed by atoms with Crippen LogP contribution in [0.5, 0.6) is 11.5 Å². The molecular weight excluding hydrogens is 460 g/mol. The summed E-state index contributed by atoms with van der Waals surface area (Å²) in [6.07, 6.45) is 5.97. The molecule has 2 heterocycles. The number of hydrogen-bond donors (Lipinski definition) is 1. The predicted molar refractivity (Wildman–Crippen MR) is 134 cm³/mol. The quantitative estimate of drug-likeness (QED) is 0.506. The minimum Gasteiger partial charge on any atom is -0.494 e. The summed E-state index contributed by atoms with van der Waals surface area (Å²) in [5.74, 6) is -1.58. The molecular formula is C29H27F2N3O2. The van der Waals surface area contributed by atoms with E-state index in [1.807, 2.05) is 36.5 Å². The van der Waals surface area contributed by atoms with Crippen molar-refractivity contribution >= 4 is 5.57 Å². The maximum atomic E-state index is 15.0. The Morgan fingerprint density at radius 1 is 1.03 bits per heavy atom. The fourth-order valence-electron chi connectivity index (χ4n) is 5.19. The van der Waals surface area contributed by atoms with E-state index in [9.17, 15) is 5.26 Å². The van der Waals surface area contributed by atoms with Crippen LogP contribution in [0.25, 0.3) is 16.7 Å². The number of pyridine rings is 1. The molecule has 5 rings (SSSR count). The zero-order valence-corrected chi connectivity index (χ0v) is 20.3. The van der Waals surface area contributed by atoms with Crippen LogP contribution in [-0.2, 0) is 18.3 Å². The van der Waals surface area contributed by atoms with E-state index in [4.69, 9.17) is 9.47 Å². The number of ether oxygens (including phenoxy) is 2. The van der Waals surface area contributed by atoms with E-state index in [2.05, 4.69) is 22.4 Å². The van der Waals surface area contributed by atoms with E-state index in [0.717, 1.165) is 59.5 Å². The Balaban J connectivity index is 1.49. The Hall–Kier alpha value is -3.76. The van der Waals surface area contributed by atoms with Gasteiger partial charge in [-0.15, -0.1) is 0 Å². The highest BCUT2D eigenvalue weighted by Crippen LogP contribution is 2.39. The van der Waals surface area contributed by atoms with Gasteiger partial charge in [-0.3, -0.25) is 4.98 Å². The number of nitrogens with zero attached hydrogens (tertiary/aromatic N) is 2. The van der Waals surface area contributed by atoms with Crippen molar-refractivity contribution in [3.05, 3.63) is 82.7 Å². The number of fused-ring (bicyclic) bond motifs is 1. The first-order valence-corrected chi connectivity index (χ1v) is 12.0. The molecule has 0 spiro atoms. The Labute approximate surface area is 209 Å². The number of nitrogens with one attached hydrogen (secondary N) is 1. The van der Waals surface area contributed by atoms with Crippen LogP contribution in [0.1, 0.15) is 35.2 Å². The van der Waals surface area contributed by atoms with E-state index in [0.29, 0.717) is 6.42 Å². The third-order valence-corrected chi connectivity index (χ3v) is 7.31. The maximum Gasteiger partial charge on any atom is 0.171 e. The molecule has 1 fully saturated rings. The summed E-state index contributed by atoms with van der Waals surface area (Å²) in [5, 5.41) is 13.3. The average Bonchev–Trinajstić information content (AvgIpc) is 3.33. The van der Waals surface area contributed by atoms with Gasteiger partial charge in [0.1, 0.15) is 0 Å². The lowest BCUT2D eigenvalue weighted by Gasteiger charge is -2.32. The molecule has 0 atom stereocenters. The normalized spacial score (nSPS) is 16.1. The molecule has 1 aliphatic heterocycles. The van der Waals surface area contributed by atoms with Gasteiger partial charge in [0.2, 0.25) is 0 Å². The second kappa shape index (κ2) is 9.71. The van der Waals surface area contributed by atoms with E-state index >= 15 is 8.78 Å². The van der Waals surface area contributed by atoms with Gasteiger partial charge in [0.15, 0.2) is 23.1 Å². The van der Waals surface area contributed by atoms with Gasteiger partial charge < -0.3 is 14.8 Å². The lowest BCUT2D eigenvalue weighted by molar-refractivity contribution is 0.354. The molecule has 1 aromatic heterocycles. The van der Waals surface area contributed by atoms with Crippen molar-refractivity contribution in [2.75, 3.05) is 27.3 Å². The van der Waals surface area contributed by atoms with Crippen molar-refractivity contribution in [1.82, 2.24) is 10.3 Å². The summed E-state index contributed by atoms with van der Waals surface area (Å²) in [7, 11) is 2.68. The molecule has 0 unspecified atom stereocenters. The fraction of sp³-hybridized carbons (Fsp3) is 0.310. The van der Waals surface area contributed by atoms with Gasteiger partial charge in [-0.05, 0) is 54.8 Å². The highest BCUT2D eigenvalue weighted by molar-refractivity contribution is 5.78. The molecule has 0 radical (unpaired) electrons. The predicted octanol–water partition coefficient (Wildman–Crippen LogP) is 5.37. The molecule has 1 N–H and O–H groups in total. The average molecular weight is 488 g/mol. The lowest BCUT2D eigenvalue weighted by atomic mass is 9.74. The second-order valence-corrected chi connectivity index (χ2v) is 9.24. The number of halogens is 2. The van der Waals surface area contributed by atoms with Gasteiger partial charge in [-0.1, -0.05) is 24.3 Å². The molecule has 184 valence electrons. The number of piperidine rings is 1. The largest absolute Gasteiger partial charge is 0.494 e. The van der Waals surface area contributed by atoms with E-state index in [1.165, 1.54) is 20.3 Å². The second-order valence-electron chi connectivity index (χ2n) is 9.24. The van der Waals surface area contributed by atoms with Gasteiger partial charge in [0, 0.05) is 41.8 Å². The lowest BCUT2D eigenvalue weighted by Crippen LogP contribution is -2.38. The van der Waals surface area contributed by atoms with Crippen molar-refractivity contribution in [1.29, 1.82) is 5.26 Å². The van der Waals surface area contributed by atoms with E-state index in [-0.39, 0.29) is 23.5 Å². The number of rotatable bonds is 6. The van der Waals surface area contributed by atoms with Gasteiger partial charge in [-0.25, -0.2) is 8.78 Å². The zero-order chi connectivity index (χ0) is 25.3. The SMILES string of the molecule is COc1cc(OC)c(F)c(CC2=CCc3ncc(-c4cccc(C5(C#N)CCNCC5)c4)cc32)c1F. The molecule has 5 nitrogen and oxygen atoms in total. The minimum atomic E-state index is -0.731. The zero-order valence-electron chi connectivity index (χ0n) is 20.3. The molecule has 0 bridgehead atoms.